The maximum Gasteiger partial charge on any atom is 0.248 e. The molecule has 1 aliphatic carbocycles. The Morgan fingerprint density at radius 2 is 2.11 bits per heavy atom. The summed E-state index contributed by atoms with van der Waals surface area (Å²) in [4.78, 5) is 12.3. The fourth-order valence-electron chi connectivity index (χ4n) is 3.68. The third kappa shape index (κ3) is 0.948. The maximum absolute atomic E-state index is 12.3. The average Bonchev–Trinajstić information content (AvgIpc) is 2.55. The van der Waals surface area contributed by atoms with E-state index in [1.807, 2.05) is 6.07 Å². The lowest BCUT2D eigenvalue weighted by Gasteiger charge is -2.45. The van der Waals surface area contributed by atoms with E-state index in [2.05, 4.69) is 16.7 Å². The zero-order valence-corrected chi connectivity index (χ0v) is 9.79. The van der Waals surface area contributed by atoms with Gasteiger partial charge in [0.1, 0.15) is 17.6 Å². The van der Waals surface area contributed by atoms with Crippen molar-refractivity contribution in [1.82, 2.24) is 10.6 Å². The number of nitrogens with zero attached hydrogens (tertiary/aromatic N) is 2. The van der Waals surface area contributed by atoms with Crippen LogP contribution >= 0.6 is 0 Å². The molecule has 18 heavy (non-hydrogen) atoms. The molecule has 2 fully saturated rings. The van der Waals surface area contributed by atoms with Crippen molar-refractivity contribution in [3.8, 4) is 12.1 Å². The minimum absolute atomic E-state index is 0.0718. The van der Waals surface area contributed by atoms with E-state index in [1.54, 1.807) is 0 Å². The molecule has 3 rings (SSSR count). The van der Waals surface area contributed by atoms with Crippen LogP contribution in [0, 0.1) is 34.0 Å². The van der Waals surface area contributed by atoms with E-state index in [4.69, 9.17) is 5.73 Å². The average molecular weight is 243 g/mol. The van der Waals surface area contributed by atoms with Crippen molar-refractivity contribution in [3.05, 3.63) is 11.4 Å². The first-order valence-electron chi connectivity index (χ1n) is 6.03. The molecule has 1 saturated heterocycles. The van der Waals surface area contributed by atoms with Crippen LogP contribution in [0.1, 0.15) is 25.7 Å². The molecule has 4 N–H and O–H groups in total. The highest BCUT2D eigenvalue weighted by atomic mass is 16.2. The summed E-state index contributed by atoms with van der Waals surface area (Å²) >= 11 is 0. The molecule has 3 aliphatic rings. The van der Waals surface area contributed by atoms with Gasteiger partial charge in [-0.3, -0.25) is 4.79 Å². The Kier molecular flexibility index (Phi) is 1.92. The molecule has 0 spiro atoms. The van der Waals surface area contributed by atoms with Crippen LogP contribution in [0.4, 0.5) is 0 Å². The molecule has 1 saturated carbocycles. The molecule has 2 bridgehead atoms. The molecule has 0 aromatic rings. The highest BCUT2D eigenvalue weighted by Gasteiger charge is 2.68. The zero-order valence-electron chi connectivity index (χ0n) is 9.79. The van der Waals surface area contributed by atoms with Gasteiger partial charge < -0.3 is 16.4 Å². The number of hydrogen-bond donors (Lipinski definition) is 3. The molecule has 6 heteroatoms. The Morgan fingerprint density at radius 1 is 1.33 bits per heavy atom. The molecular formula is C12H13N5O. The van der Waals surface area contributed by atoms with Crippen LogP contribution in [0.15, 0.2) is 11.4 Å². The summed E-state index contributed by atoms with van der Waals surface area (Å²) in [6.07, 6.45) is 3.43. The van der Waals surface area contributed by atoms with Crippen LogP contribution in [0.3, 0.4) is 0 Å². The number of carbonyl (C=O) groups excluding carboxylic acids is 1. The van der Waals surface area contributed by atoms with Gasteiger partial charge in [-0.15, -0.1) is 0 Å². The molecule has 92 valence electrons. The van der Waals surface area contributed by atoms with Crippen molar-refractivity contribution >= 4 is 5.91 Å². The third-order valence-corrected chi connectivity index (χ3v) is 4.44. The molecule has 3 unspecified atom stereocenters. The van der Waals surface area contributed by atoms with Crippen molar-refractivity contribution in [1.29, 1.82) is 10.5 Å². The summed E-state index contributed by atoms with van der Waals surface area (Å²) in [5, 5.41) is 24.7. The van der Waals surface area contributed by atoms with Gasteiger partial charge in [0.05, 0.1) is 11.6 Å². The largest absolute Gasteiger partial charge is 0.385 e. The quantitative estimate of drug-likeness (QED) is 0.545. The number of carbonyl (C=O) groups is 1. The van der Waals surface area contributed by atoms with Crippen molar-refractivity contribution in [3.63, 3.8) is 0 Å². The van der Waals surface area contributed by atoms with E-state index >= 15 is 0 Å². The maximum atomic E-state index is 12.3. The van der Waals surface area contributed by atoms with Crippen molar-refractivity contribution in [2.75, 3.05) is 0 Å². The fourth-order valence-corrected chi connectivity index (χ4v) is 3.68. The summed E-state index contributed by atoms with van der Waals surface area (Å²) in [6.45, 7) is 0. The fraction of sp³-hybridized carbons (Fsp3) is 0.583. The summed E-state index contributed by atoms with van der Waals surface area (Å²) in [5.41, 5.74) is 3.88. The standard InChI is InChI=1S/C12H13N5O/c13-5-7-9(15)16-12-4-2-1-3-8(12)11(7,6-14)10(18)17-12/h8,16H,1-4,15H2,(H,17,18). The first-order valence-corrected chi connectivity index (χ1v) is 6.03. The van der Waals surface area contributed by atoms with Gasteiger partial charge in [-0.1, -0.05) is 6.42 Å². The number of hydrogen-bond acceptors (Lipinski definition) is 5. The second-order valence-corrected chi connectivity index (χ2v) is 5.17. The summed E-state index contributed by atoms with van der Waals surface area (Å²) in [6, 6.07) is 4.01. The topological polar surface area (TPSA) is 115 Å². The van der Waals surface area contributed by atoms with Crippen molar-refractivity contribution in [2.24, 2.45) is 17.1 Å². The van der Waals surface area contributed by atoms with Gasteiger partial charge >= 0.3 is 0 Å². The Morgan fingerprint density at radius 3 is 2.78 bits per heavy atom. The number of nitriles is 2. The Hall–Kier alpha value is -2.21. The summed E-state index contributed by atoms with van der Waals surface area (Å²) in [7, 11) is 0. The van der Waals surface area contributed by atoms with Gasteiger partial charge in [0, 0.05) is 5.92 Å². The predicted octanol–water partition coefficient (Wildman–Crippen LogP) is -0.190. The van der Waals surface area contributed by atoms with E-state index in [-0.39, 0.29) is 23.2 Å². The smallest absolute Gasteiger partial charge is 0.248 e. The first kappa shape index (κ1) is 10.9. The van der Waals surface area contributed by atoms with Crippen LogP contribution in [0.2, 0.25) is 0 Å². The molecule has 3 atom stereocenters. The van der Waals surface area contributed by atoms with Crippen LogP contribution in [0.25, 0.3) is 0 Å². The lowest BCUT2D eigenvalue weighted by atomic mass is 9.62. The number of nitrogens with one attached hydrogen (secondary N) is 2. The molecule has 2 heterocycles. The van der Waals surface area contributed by atoms with E-state index in [1.165, 1.54) is 0 Å². The molecule has 6 nitrogen and oxygen atoms in total. The van der Waals surface area contributed by atoms with Crippen molar-refractivity contribution in [2.45, 2.75) is 31.3 Å². The number of rotatable bonds is 0. The zero-order chi connectivity index (χ0) is 13.0. The SMILES string of the molecule is N#CC1=C(N)NC23CCCCC2C1(C#N)C(=O)N3. The molecule has 0 aromatic carbocycles. The van der Waals surface area contributed by atoms with E-state index in [0.29, 0.717) is 0 Å². The highest BCUT2D eigenvalue weighted by Crippen LogP contribution is 2.54. The Balaban J connectivity index is 2.28. The lowest BCUT2D eigenvalue weighted by Crippen LogP contribution is -2.62. The number of nitrogens with two attached hydrogens (primary N) is 1. The summed E-state index contributed by atoms with van der Waals surface area (Å²) in [5.74, 6) is -0.435. The van der Waals surface area contributed by atoms with Crippen LogP contribution in [-0.4, -0.2) is 11.6 Å². The van der Waals surface area contributed by atoms with E-state index in [0.717, 1.165) is 25.7 Å². The number of amides is 1. The van der Waals surface area contributed by atoms with Gasteiger partial charge in [0.25, 0.3) is 0 Å². The molecular weight excluding hydrogens is 230 g/mol. The first-order chi connectivity index (χ1) is 8.60. The van der Waals surface area contributed by atoms with Crippen LogP contribution < -0.4 is 16.4 Å². The van der Waals surface area contributed by atoms with Gasteiger partial charge in [-0.05, 0) is 19.3 Å². The second kappa shape index (κ2) is 3.17. The van der Waals surface area contributed by atoms with Crippen molar-refractivity contribution < 1.29 is 4.79 Å². The second-order valence-electron chi connectivity index (χ2n) is 5.17. The normalized spacial score (nSPS) is 41.2. The lowest BCUT2D eigenvalue weighted by molar-refractivity contribution is -0.124. The minimum atomic E-state index is -1.40. The third-order valence-electron chi connectivity index (χ3n) is 4.44. The predicted molar refractivity (Wildman–Crippen MR) is 60.8 cm³/mol. The molecule has 1 amide bonds. The van der Waals surface area contributed by atoms with Gasteiger partial charge in [-0.2, -0.15) is 10.5 Å². The van der Waals surface area contributed by atoms with E-state index in [9.17, 15) is 15.3 Å². The molecule has 0 aromatic heterocycles. The van der Waals surface area contributed by atoms with Gasteiger partial charge in [-0.25, -0.2) is 0 Å². The Labute approximate surface area is 104 Å². The van der Waals surface area contributed by atoms with E-state index < -0.39 is 11.1 Å². The van der Waals surface area contributed by atoms with Crippen LogP contribution in [0.5, 0.6) is 0 Å². The van der Waals surface area contributed by atoms with Gasteiger partial charge in [0.2, 0.25) is 5.91 Å². The highest BCUT2D eigenvalue weighted by molar-refractivity contribution is 5.95. The minimum Gasteiger partial charge on any atom is -0.385 e. The summed E-state index contributed by atoms with van der Waals surface area (Å²) < 4.78 is 0. The molecule has 0 radical (unpaired) electrons. The van der Waals surface area contributed by atoms with Crippen LogP contribution in [-0.2, 0) is 4.79 Å². The monoisotopic (exact) mass is 243 g/mol. The van der Waals surface area contributed by atoms with Gasteiger partial charge in [0.15, 0.2) is 5.41 Å². The Bertz CT molecular complexity index is 554. The molecule has 2 aliphatic heterocycles.